The summed E-state index contributed by atoms with van der Waals surface area (Å²) in [5.41, 5.74) is 0. The molecule has 3 heteroatoms. The van der Waals surface area contributed by atoms with Crippen molar-refractivity contribution in [3.8, 4) is 0 Å². The summed E-state index contributed by atoms with van der Waals surface area (Å²) in [4.78, 5) is 5.29. The Morgan fingerprint density at radius 1 is 1.29 bits per heavy atom. The van der Waals surface area contributed by atoms with Crippen LogP contribution in [0.15, 0.2) is 51.5 Å². The van der Waals surface area contributed by atoms with Crippen LogP contribution in [0.25, 0.3) is 6.08 Å². The second kappa shape index (κ2) is 4.58. The van der Waals surface area contributed by atoms with Crippen molar-refractivity contribution in [1.29, 1.82) is 0 Å². The van der Waals surface area contributed by atoms with E-state index in [4.69, 9.17) is 4.42 Å². The average Bonchev–Trinajstić information content (AvgIpc) is 2.86. The van der Waals surface area contributed by atoms with Crippen LogP contribution in [0.4, 0.5) is 0 Å². The van der Waals surface area contributed by atoms with Crippen molar-refractivity contribution in [2.75, 3.05) is 0 Å². The lowest BCUT2D eigenvalue weighted by Crippen LogP contribution is -1.70. The molecule has 2 aromatic rings. The van der Waals surface area contributed by atoms with E-state index in [-0.39, 0.29) is 0 Å². The van der Waals surface area contributed by atoms with Gasteiger partial charge in [0, 0.05) is 11.1 Å². The van der Waals surface area contributed by atoms with E-state index in [0.29, 0.717) is 0 Å². The number of hydrogen-bond acceptors (Lipinski definition) is 3. The summed E-state index contributed by atoms with van der Waals surface area (Å²) in [6.07, 6.45) is 7.03. The van der Waals surface area contributed by atoms with Crippen LogP contribution in [0.5, 0.6) is 0 Å². The van der Waals surface area contributed by atoms with Gasteiger partial charge in [0.05, 0.1) is 12.5 Å². The summed E-state index contributed by atoms with van der Waals surface area (Å²) >= 11 is 1.69. The summed E-state index contributed by atoms with van der Waals surface area (Å²) in [5.74, 6) is 0.765. The van der Waals surface area contributed by atoms with Crippen LogP contribution in [-0.2, 0) is 0 Å². The van der Waals surface area contributed by atoms with Gasteiger partial charge >= 0.3 is 0 Å². The molecule has 2 aromatic heterocycles. The predicted molar refractivity (Wildman–Crippen MR) is 59.7 cm³/mol. The first-order valence-electron chi connectivity index (χ1n) is 4.22. The maximum absolute atomic E-state index is 5.09. The highest BCUT2D eigenvalue weighted by Gasteiger charge is 1.86. The fraction of sp³-hybridized carbons (Fsp3) is 0. The predicted octanol–water partition coefficient (Wildman–Crippen LogP) is 3.43. The fourth-order valence-corrected chi connectivity index (χ4v) is 1.59. The van der Waals surface area contributed by atoms with E-state index in [2.05, 4.69) is 4.99 Å². The van der Waals surface area contributed by atoms with Gasteiger partial charge in [-0.2, -0.15) is 0 Å². The Morgan fingerprint density at radius 3 is 3.00 bits per heavy atom. The number of rotatable bonds is 3. The molecule has 0 unspecified atom stereocenters. The molecule has 0 aliphatic rings. The molecule has 0 saturated carbocycles. The molecule has 2 rings (SSSR count). The molecule has 14 heavy (non-hydrogen) atoms. The van der Waals surface area contributed by atoms with E-state index in [1.54, 1.807) is 30.0 Å². The standard InChI is InChI=1S/C11H9NOS/c1-3-10(13-7-1)9-12-6-5-11-4-2-8-14-11/h1-9H/b6-5+,12-9+. The normalized spacial score (nSPS) is 11.7. The van der Waals surface area contributed by atoms with E-state index < -0.39 is 0 Å². The van der Waals surface area contributed by atoms with Crippen LogP contribution in [-0.4, -0.2) is 6.21 Å². The van der Waals surface area contributed by atoms with Crippen molar-refractivity contribution in [3.63, 3.8) is 0 Å². The van der Waals surface area contributed by atoms with E-state index in [1.807, 2.05) is 35.7 Å². The molecule has 0 aliphatic carbocycles. The minimum absolute atomic E-state index is 0.765. The highest BCUT2D eigenvalue weighted by Crippen LogP contribution is 2.09. The number of nitrogens with zero attached hydrogens (tertiary/aromatic N) is 1. The molecule has 70 valence electrons. The molecule has 0 aromatic carbocycles. The molecule has 0 saturated heterocycles. The lowest BCUT2D eigenvalue weighted by molar-refractivity contribution is 0.560. The average molecular weight is 203 g/mol. The van der Waals surface area contributed by atoms with Crippen LogP contribution >= 0.6 is 11.3 Å². The molecule has 0 aliphatic heterocycles. The highest BCUT2D eigenvalue weighted by atomic mass is 32.1. The second-order valence-corrected chi connectivity index (χ2v) is 3.60. The van der Waals surface area contributed by atoms with Gasteiger partial charge in [0.1, 0.15) is 5.76 Å². The number of thiophene rings is 1. The van der Waals surface area contributed by atoms with Gasteiger partial charge in [-0.25, -0.2) is 0 Å². The van der Waals surface area contributed by atoms with Crippen molar-refractivity contribution in [2.24, 2.45) is 4.99 Å². The topological polar surface area (TPSA) is 25.5 Å². The Bertz CT molecular complexity index is 370. The Balaban J connectivity index is 1.94. The maximum Gasteiger partial charge on any atom is 0.144 e. The molecule has 0 amide bonds. The van der Waals surface area contributed by atoms with Crippen molar-refractivity contribution in [2.45, 2.75) is 0 Å². The fourth-order valence-electron chi connectivity index (χ4n) is 0.984. The lowest BCUT2D eigenvalue weighted by Gasteiger charge is -1.81. The maximum atomic E-state index is 5.09. The van der Waals surface area contributed by atoms with Crippen molar-refractivity contribution in [3.05, 3.63) is 52.7 Å². The zero-order valence-corrected chi connectivity index (χ0v) is 8.28. The zero-order chi connectivity index (χ0) is 9.64. The van der Waals surface area contributed by atoms with E-state index in [0.717, 1.165) is 5.76 Å². The van der Waals surface area contributed by atoms with E-state index in [9.17, 15) is 0 Å². The summed E-state index contributed by atoms with van der Waals surface area (Å²) in [6.45, 7) is 0. The minimum atomic E-state index is 0.765. The molecular formula is C11H9NOS. The minimum Gasteiger partial charge on any atom is -0.463 e. The summed E-state index contributed by atoms with van der Waals surface area (Å²) in [5, 5.41) is 2.04. The molecule has 0 N–H and O–H groups in total. The first-order chi connectivity index (χ1) is 6.95. The third-order valence-electron chi connectivity index (χ3n) is 1.61. The smallest absolute Gasteiger partial charge is 0.144 e. The monoisotopic (exact) mass is 203 g/mol. The largest absolute Gasteiger partial charge is 0.463 e. The van der Waals surface area contributed by atoms with Crippen molar-refractivity contribution >= 4 is 23.6 Å². The molecule has 0 atom stereocenters. The van der Waals surface area contributed by atoms with Gasteiger partial charge in [0.25, 0.3) is 0 Å². The molecule has 2 heterocycles. The third-order valence-corrected chi connectivity index (χ3v) is 2.45. The lowest BCUT2D eigenvalue weighted by atomic mass is 10.4. The second-order valence-electron chi connectivity index (χ2n) is 2.62. The first kappa shape index (κ1) is 8.97. The Labute approximate surface area is 86.2 Å². The Morgan fingerprint density at radius 2 is 2.29 bits per heavy atom. The summed E-state index contributed by atoms with van der Waals surface area (Å²) in [7, 11) is 0. The van der Waals surface area contributed by atoms with Crippen LogP contribution in [0.1, 0.15) is 10.6 Å². The summed E-state index contributed by atoms with van der Waals surface area (Å²) in [6, 6.07) is 7.76. The van der Waals surface area contributed by atoms with Crippen LogP contribution in [0, 0.1) is 0 Å². The molecule has 0 radical (unpaired) electrons. The van der Waals surface area contributed by atoms with Gasteiger partial charge in [-0.15, -0.1) is 11.3 Å². The Kier molecular flexibility index (Phi) is 2.93. The van der Waals surface area contributed by atoms with Crippen molar-refractivity contribution < 1.29 is 4.42 Å². The third kappa shape index (κ3) is 2.44. The molecule has 0 fully saturated rings. The van der Waals surface area contributed by atoms with Gasteiger partial charge in [-0.05, 0) is 29.7 Å². The number of aliphatic imine (C=N–C) groups is 1. The molecule has 0 spiro atoms. The van der Waals surface area contributed by atoms with Gasteiger partial charge in [-0.1, -0.05) is 6.07 Å². The van der Waals surface area contributed by atoms with Gasteiger partial charge in [-0.3, -0.25) is 4.99 Å². The molecular weight excluding hydrogens is 194 g/mol. The van der Waals surface area contributed by atoms with E-state index in [1.165, 1.54) is 4.88 Å². The van der Waals surface area contributed by atoms with Crippen LogP contribution in [0.3, 0.4) is 0 Å². The summed E-state index contributed by atoms with van der Waals surface area (Å²) < 4.78 is 5.09. The first-order valence-corrected chi connectivity index (χ1v) is 5.10. The van der Waals surface area contributed by atoms with E-state index >= 15 is 0 Å². The SMILES string of the molecule is C(=C\c1cccs1)/N=C/c1ccco1. The van der Waals surface area contributed by atoms with Gasteiger partial charge in [0.15, 0.2) is 0 Å². The number of furan rings is 1. The highest BCUT2D eigenvalue weighted by molar-refractivity contribution is 7.10. The Hall–Kier alpha value is -1.61. The number of hydrogen-bond donors (Lipinski definition) is 0. The van der Waals surface area contributed by atoms with Gasteiger partial charge in [0.2, 0.25) is 0 Å². The quantitative estimate of drug-likeness (QED) is 0.701. The molecule has 2 nitrogen and oxygen atoms in total. The zero-order valence-electron chi connectivity index (χ0n) is 7.46. The van der Waals surface area contributed by atoms with Gasteiger partial charge < -0.3 is 4.42 Å². The van der Waals surface area contributed by atoms with Crippen LogP contribution in [0.2, 0.25) is 0 Å². The van der Waals surface area contributed by atoms with Crippen LogP contribution < -0.4 is 0 Å². The molecule has 0 bridgehead atoms. The van der Waals surface area contributed by atoms with Crippen molar-refractivity contribution in [1.82, 2.24) is 0 Å².